The van der Waals surface area contributed by atoms with Crippen LogP contribution in [0.4, 0.5) is 0 Å². The van der Waals surface area contributed by atoms with Gasteiger partial charge in [-0.15, -0.1) is 0 Å². The molecule has 0 saturated heterocycles. The molecule has 0 aromatic carbocycles. The van der Waals surface area contributed by atoms with Crippen molar-refractivity contribution in [1.82, 2.24) is 19.6 Å². The van der Waals surface area contributed by atoms with E-state index in [1.807, 2.05) is 0 Å². The molecule has 7 heteroatoms. The lowest BCUT2D eigenvalue weighted by Crippen LogP contribution is -2.31. The van der Waals surface area contributed by atoms with Gasteiger partial charge in [0, 0.05) is 32.4 Å². The van der Waals surface area contributed by atoms with Gasteiger partial charge in [0.2, 0.25) is 10.0 Å². The third-order valence-corrected chi connectivity index (χ3v) is 3.95. The molecular weight excluding hydrogens is 252 g/mol. The zero-order chi connectivity index (χ0) is 13.4. The summed E-state index contributed by atoms with van der Waals surface area (Å²) in [6, 6.07) is 0. The van der Waals surface area contributed by atoms with Crippen molar-refractivity contribution < 1.29 is 8.42 Å². The molecular formula is C11H22N4O2S. The molecule has 0 unspecified atom stereocenters. The smallest absolute Gasteiger partial charge is 0.212 e. The zero-order valence-electron chi connectivity index (χ0n) is 11.0. The molecule has 1 rings (SSSR count). The first-order valence-electron chi connectivity index (χ1n) is 6.26. The maximum absolute atomic E-state index is 11.4. The van der Waals surface area contributed by atoms with Crippen molar-refractivity contribution in [3.05, 3.63) is 18.2 Å². The average Bonchev–Trinajstić information content (AvgIpc) is 2.73. The third kappa shape index (κ3) is 5.16. The summed E-state index contributed by atoms with van der Waals surface area (Å²) in [4.78, 5) is 4.09. The number of nitrogens with one attached hydrogen (secondary N) is 2. The minimum Gasteiger partial charge on any atom is -0.333 e. The van der Waals surface area contributed by atoms with Crippen LogP contribution in [-0.4, -0.2) is 36.8 Å². The van der Waals surface area contributed by atoms with Crippen LogP contribution >= 0.6 is 0 Å². The number of hydrogen-bond donors (Lipinski definition) is 2. The quantitative estimate of drug-likeness (QED) is 0.636. The molecule has 1 aromatic rings. The Hall–Kier alpha value is -0.920. The van der Waals surface area contributed by atoms with Gasteiger partial charge in [-0.05, 0) is 6.42 Å². The molecule has 2 N–H and O–H groups in total. The summed E-state index contributed by atoms with van der Waals surface area (Å²) in [5.41, 5.74) is 1.08. The van der Waals surface area contributed by atoms with Crippen LogP contribution < -0.4 is 10.0 Å². The monoisotopic (exact) mass is 274 g/mol. The SMILES string of the molecule is CCCn1cncc1CNCCS(=O)(=O)NCC. The van der Waals surface area contributed by atoms with Crippen molar-refractivity contribution in [2.45, 2.75) is 33.4 Å². The summed E-state index contributed by atoms with van der Waals surface area (Å²) in [7, 11) is -3.13. The average molecular weight is 274 g/mol. The molecule has 6 nitrogen and oxygen atoms in total. The summed E-state index contributed by atoms with van der Waals surface area (Å²) in [5.74, 6) is 0.1000. The molecule has 0 aliphatic heterocycles. The molecule has 1 aromatic heterocycles. The molecule has 0 atom stereocenters. The van der Waals surface area contributed by atoms with Crippen LogP contribution in [0.5, 0.6) is 0 Å². The van der Waals surface area contributed by atoms with Crippen LogP contribution in [0.3, 0.4) is 0 Å². The standard InChI is InChI=1S/C11H22N4O2S/c1-3-6-15-10-13-9-11(15)8-12-5-7-18(16,17)14-4-2/h9-10,12,14H,3-8H2,1-2H3. The topological polar surface area (TPSA) is 76.0 Å². The van der Waals surface area contributed by atoms with E-state index < -0.39 is 10.0 Å². The van der Waals surface area contributed by atoms with Gasteiger partial charge in [0.15, 0.2) is 0 Å². The maximum Gasteiger partial charge on any atom is 0.212 e. The highest BCUT2D eigenvalue weighted by atomic mass is 32.2. The second kappa shape index (κ2) is 7.50. The first-order valence-corrected chi connectivity index (χ1v) is 7.91. The summed E-state index contributed by atoms with van der Waals surface area (Å²) < 4.78 is 27.3. The maximum atomic E-state index is 11.4. The van der Waals surface area contributed by atoms with Gasteiger partial charge in [-0.2, -0.15) is 0 Å². The Morgan fingerprint density at radius 1 is 1.39 bits per heavy atom. The summed E-state index contributed by atoms with van der Waals surface area (Å²) in [5, 5.41) is 3.12. The van der Waals surface area contributed by atoms with Gasteiger partial charge in [-0.25, -0.2) is 18.1 Å². The number of hydrogen-bond acceptors (Lipinski definition) is 4. The van der Waals surface area contributed by atoms with Crippen LogP contribution in [0.25, 0.3) is 0 Å². The van der Waals surface area contributed by atoms with Crippen molar-refractivity contribution in [1.29, 1.82) is 0 Å². The van der Waals surface area contributed by atoms with E-state index in [2.05, 4.69) is 26.5 Å². The van der Waals surface area contributed by atoms with Crippen LogP contribution in [0.2, 0.25) is 0 Å². The minimum absolute atomic E-state index is 0.1000. The predicted molar refractivity (Wildman–Crippen MR) is 71.7 cm³/mol. The first-order chi connectivity index (χ1) is 8.59. The number of aromatic nitrogens is 2. The number of sulfonamides is 1. The van der Waals surface area contributed by atoms with Gasteiger partial charge in [-0.1, -0.05) is 13.8 Å². The Balaban J connectivity index is 2.31. The van der Waals surface area contributed by atoms with Crippen LogP contribution in [0.1, 0.15) is 26.0 Å². The molecule has 1 heterocycles. The number of imidazole rings is 1. The molecule has 0 aliphatic rings. The van der Waals surface area contributed by atoms with E-state index in [0.29, 0.717) is 19.6 Å². The molecule has 104 valence electrons. The van der Waals surface area contributed by atoms with Gasteiger partial charge in [0.1, 0.15) is 0 Å². The molecule has 0 aliphatic carbocycles. The minimum atomic E-state index is -3.13. The van der Waals surface area contributed by atoms with Crippen molar-refractivity contribution in [3.63, 3.8) is 0 Å². The molecule has 0 spiro atoms. The normalized spacial score (nSPS) is 11.9. The van der Waals surface area contributed by atoms with Gasteiger partial charge in [-0.3, -0.25) is 0 Å². The van der Waals surface area contributed by atoms with E-state index in [9.17, 15) is 8.42 Å². The first kappa shape index (κ1) is 15.1. The third-order valence-electron chi connectivity index (χ3n) is 2.48. The summed E-state index contributed by atoms with van der Waals surface area (Å²) >= 11 is 0. The second-order valence-corrected chi connectivity index (χ2v) is 6.00. The molecule has 0 radical (unpaired) electrons. The Morgan fingerprint density at radius 3 is 2.83 bits per heavy atom. The fourth-order valence-corrected chi connectivity index (χ4v) is 2.65. The Bertz CT molecular complexity index is 442. The van der Waals surface area contributed by atoms with Gasteiger partial charge >= 0.3 is 0 Å². The van der Waals surface area contributed by atoms with Gasteiger partial charge in [0.25, 0.3) is 0 Å². The summed E-state index contributed by atoms with van der Waals surface area (Å²) in [6.07, 6.45) is 4.66. The molecule has 0 amide bonds. The Labute approximate surface area is 109 Å². The van der Waals surface area contributed by atoms with Crippen molar-refractivity contribution in [2.75, 3.05) is 18.8 Å². The van der Waals surface area contributed by atoms with E-state index in [0.717, 1.165) is 18.7 Å². The van der Waals surface area contributed by atoms with E-state index >= 15 is 0 Å². The molecule has 0 bridgehead atoms. The Morgan fingerprint density at radius 2 is 2.17 bits per heavy atom. The highest BCUT2D eigenvalue weighted by molar-refractivity contribution is 7.89. The lowest BCUT2D eigenvalue weighted by atomic mass is 10.4. The predicted octanol–water partition coefficient (Wildman–Crippen LogP) is 0.322. The Kier molecular flexibility index (Phi) is 6.31. The lowest BCUT2D eigenvalue weighted by Gasteiger charge is -2.08. The van der Waals surface area contributed by atoms with Crippen LogP contribution in [0, 0.1) is 0 Å². The van der Waals surface area contributed by atoms with Crippen molar-refractivity contribution in [2.24, 2.45) is 0 Å². The lowest BCUT2D eigenvalue weighted by molar-refractivity contribution is 0.574. The van der Waals surface area contributed by atoms with Crippen molar-refractivity contribution >= 4 is 10.0 Å². The van der Waals surface area contributed by atoms with Crippen molar-refractivity contribution in [3.8, 4) is 0 Å². The molecule has 0 fully saturated rings. The largest absolute Gasteiger partial charge is 0.333 e. The fourth-order valence-electron chi connectivity index (χ4n) is 1.65. The highest BCUT2D eigenvalue weighted by Crippen LogP contribution is 2.00. The van der Waals surface area contributed by atoms with Crippen LogP contribution in [-0.2, 0) is 23.1 Å². The van der Waals surface area contributed by atoms with Gasteiger partial charge in [0.05, 0.1) is 17.8 Å². The van der Waals surface area contributed by atoms with E-state index in [4.69, 9.17) is 0 Å². The second-order valence-electron chi connectivity index (χ2n) is 4.07. The summed E-state index contributed by atoms with van der Waals surface area (Å²) in [6.45, 7) is 6.33. The number of aryl methyl sites for hydroxylation is 1. The van der Waals surface area contributed by atoms with E-state index in [1.165, 1.54) is 0 Å². The zero-order valence-corrected chi connectivity index (χ0v) is 11.8. The van der Waals surface area contributed by atoms with E-state index in [-0.39, 0.29) is 5.75 Å². The molecule has 18 heavy (non-hydrogen) atoms. The highest BCUT2D eigenvalue weighted by Gasteiger charge is 2.07. The van der Waals surface area contributed by atoms with E-state index in [1.54, 1.807) is 19.4 Å². The molecule has 0 saturated carbocycles. The van der Waals surface area contributed by atoms with Crippen LogP contribution in [0.15, 0.2) is 12.5 Å². The van der Waals surface area contributed by atoms with Gasteiger partial charge < -0.3 is 9.88 Å². The number of rotatable bonds is 9. The number of nitrogens with zero attached hydrogens (tertiary/aromatic N) is 2. The fraction of sp³-hybridized carbons (Fsp3) is 0.727.